The number of carboxylic acids is 1. The lowest BCUT2D eigenvalue weighted by Crippen LogP contribution is -2.42. The maximum absolute atomic E-state index is 11.0. The number of hydrogen-bond donors (Lipinski definition) is 2. The molecule has 0 saturated heterocycles. The van der Waals surface area contributed by atoms with E-state index in [0.717, 1.165) is 19.3 Å². The number of rotatable bonds is 20. The Morgan fingerprint density at radius 3 is 1.79 bits per heavy atom. The second kappa shape index (κ2) is 16.6. The lowest BCUT2D eigenvalue weighted by molar-refractivity contribution is -0.873. The molecule has 0 bridgehead atoms. The first kappa shape index (κ1) is 29.0. The van der Waals surface area contributed by atoms with Gasteiger partial charge in [-0.05, 0) is 18.2 Å². The highest BCUT2D eigenvalue weighted by molar-refractivity contribution is 8.07. The highest BCUT2D eigenvalue weighted by Crippen LogP contribution is 2.45. The quantitative estimate of drug-likeness (QED) is 0.144. The maximum Gasteiger partial charge on any atom is 0.325 e. The van der Waals surface area contributed by atoms with E-state index in [4.69, 9.17) is 26.0 Å². The minimum atomic E-state index is -3.41. The number of unbranched alkanes of at least 4 members (excludes halogenated alkanes) is 11. The van der Waals surface area contributed by atoms with Crippen LogP contribution in [0.15, 0.2) is 0 Å². The fraction of sp³-hybridized carbons (Fsp3) is 0.952. The number of hydrogen-bond acceptors (Lipinski definition) is 4. The van der Waals surface area contributed by atoms with Gasteiger partial charge in [-0.2, -0.15) is 0 Å². The van der Waals surface area contributed by atoms with Crippen molar-refractivity contribution in [1.82, 2.24) is 0 Å². The van der Waals surface area contributed by atoms with Crippen LogP contribution in [0.5, 0.6) is 0 Å². The first-order valence-corrected chi connectivity index (χ1v) is 13.8. The molecule has 2 N–H and O–H groups in total. The third-order valence-corrected chi connectivity index (χ3v) is 6.34. The molecule has 0 rings (SSSR count). The molecule has 0 radical (unpaired) electrons. The minimum absolute atomic E-state index is 0.198. The van der Waals surface area contributed by atoms with Gasteiger partial charge in [0.2, 0.25) is 0 Å². The Hall–Kier alpha value is -0.0400. The van der Waals surface area contributed by atoms with Crippen molar-refractivity contribution in [2.24, 2.45) is 0 Å². The van der Waals surface area contributed by atoms with E-state index in [9.17, 15) is 9.69 Å². The summed E-state index contributed by atoms with van der Waals surface area (Å²) in [6, 6.07) is 0. The monoisotopic (exact) mass is 454 g/mol. The third kappa shape index (κ3) is 21.0. The van der Waals surface area contributed by atoms with Gasteiger partial charge in [0.05, 0.1) is 34.2 Å². The van der Waals surface area contributed by atoms with Gasteiger partial charge in [0.25, 0.3) is 0 Å². The van der Waals surface area contributed by atoms with E-state index in [1.807, 2.05) is 21.1 Å². The molecule has 174 valence electrons. The summed E-state index contributed by atoms with van der Waals surface area (Å²) in [6.07, 6.45) is 14.2. The SMILES string of the molecule is CCCCCCCCCCCCCCOP(O)(=S)O[C@H](CC(=O)O)C[N+](C)(C)C. The molecule has 8 heteroatoms. The molecule has 6 nitrogen and oxygen atoms in total. The van der Waals surface area contributed by atoms with Crippen molar-refractivity contribution in [1.29, 1.82) is 0 Å². The number of likely N-dealkylation sites (N-methyl/N-ethyl adjacent to an activating group) is 1. The van der Waals surface area contributed by atoms with Gasteiger partial charge in [0.15, 0.2) is 0 Å². The first-order valence-electron chi connectivity index (χ1n) is 11.2. The van der Waals surface area contributed by atoms with Gasteiger partial charge in [-0.25, -0.2) is 0 Å². The van der Waals surface area contributed by atoms with Gasteiger partial charge < -0.3 is 19.0 Å². The second-order valence-electron chi connectivity index (χ2n) is 8.99. The van der Waals surface area contributed by atoms with Crippen LogP contribution in [0.1, 0.15) is 90.4 Å². The molecule has 0 heterocycles. The Kier molecular flexibility index (Phi) is 16.6. The van der Waals surface area contributed by atoms with Crippen molar-refractivity contribution >= 4 is 24.5 Å². The molecule has 0 aliphatic heterocycles. The molecule has 0 aliphatic rings. The smallest absolute Gasteiger partial charge is 0.325 e. The summed E-state index contributed by atoms with van der Waals surface area (Å²) in [5, 5.41) is 9.05. The van der Waals surface area contributed by atoms with E-state index in [1.165, 1.54) is 57.8 Å². The predicted octanol–water partition coefficient (Wildman–Crippen LogP) is 5.49. The summed E-state index contributed by atoms with van der Waals surface area (Å²) in [5.41, 5.74) is 0. The van der Waals surface area contributed by atoms with E-state index < -0.39 is 18.8 Å². The molecule has 0 aromatic carbocycles. The van der Waals surface area contributed by atoms with Crippen molar-refractivity contribution in [3.63, 3.8) is 0 Å². The van der Waals surface area contributed by atoms with Crippen LogP contribution in [0, 0.1) is 0 Å². The van der Waals surface area contributed by atoms with Crippen LogP contribution in [0.25, 0.3) is 0 Å². The van der Waals surface area contributed by atoms with Crippen LogP contribution >= 0.6 is 6.72 Å². The van der Waals surface area contributed by atoms with Gasteiger partial charge >= 0.3 is 12.7 Å². The number of nitrogens with zero attached hydrogens (tertiary/aromatic N) is 1. The summed E-state index contributed by atoms with van der Waals surface area (Å²) in [6.45, 7) is -0.371. The summed E-state index contributed by atoms with van der Waals surface area (Å²) in [4.78, 5) is 21.3. The zero-order valence-corrected chi connectivity index (χ0v) is 20.8. The standard InChI is InChI=1S/C21H44NO5PS/c1-5-6-7-8-9-10-11-12-13-14-15-16-17-26-28(25,29)27-20(18-21(23)24)19-22(2,3)4/h20H,5-19H2,1-4H3,(H-,23,24,25,29)/p+1/t20-,28?/m1/s1. The molecule has 0 spiro atoms. The Morgan fingerprint density at radius 1 is 0.931 bits per heavy atom. The average Bonchev–Trinajstić information content (AvgIpc) is 2.56. The highest BCUT2D eigenvalue weighted by atomic mass is 32.5. The normalized spacial score (nSPS) is 15.2. The number of carbonyl (C=O) groups is 1. The van der Waals surface area contributed by atoms with Gasteiger partial charge in [-0.15, -0.1) is 0 Å². The van der Waals surface area contributed by atoms with Crippen molar-refractivity contribution in [3.05, 3.63) is 0 Å². The van der Waals surface area contributed by atoms with Crippen LogP contribution in [0.2, 0.25) is 0 Å². The lowest BCUT2D eigenvalue weighted by atomic mass is 10.1. The van der Waals surface area contributed by atoms with Gasteiger partial charge in [0.1, 0.15) is 12.6 Å². The van der Waals surface area contributed by atoms with Crippen LogP contribution in [0.4, 0.5) is 0 Å². The molecular formula is C21H45NO5PS+. The maximum atomic E-state index is 11.0. The molecule has 0 aromatic heterocycles. The largest absolute Gasteiger partial charge is 0.481 e. The van der Waals surface area contributed by atoms with Gasteiger partial charge in [-0.3, -0.25) is 9.32 Å². The zero-order valence-electron chi connectivity index (χ0n) is 19.1. The minimum Gasteiger partial charge on any atom is -0.481 e. The lowest BCUT2D eigenvalue weighted by Gasteiger charge is -2.30. The van der Waals surface area contributed by atoms with Crippen molar-refractivity contribution in [2.75, 3.05) is 34.3 Å². The van der Waals surface area contributed by atoms with E-state index >= 15 is 0 Å². The average molecular weight is 455 g/mol. The van der Waals surface area contributed by atoms with Gasteiger partial charge in [0, 0.05) is 0 Å². The molecular weight excluding hydrogens is 409 g/mol. The molecule has 29 heavy (non-hydrogen) atoms. The second-order valence-corrected chi connectivity index (χ2v) is 11.8. The summed E-state index contributed by atoms with van der Waals surface area (Å²) in [7, 11) is 5.81. The first-order chi connectivity index (χ1) is 13.6. The fourth-order valence-corrected chi connectivity index (χ4v) is 4.81. The van der Waals surface area contributed by atoms with E-state index in [-0.39, 0.29) is 6.42 Å². The molecule has 0 fully saturated rings. The highest BCUT2D eigenvalue weighted by Gasteiger charge is 2.28. The number of aliphatic carboxylic acids is 1. The Bertz CT molecular complexity index is 470. The number of carboxylic acid groups (broad SMARTS) is 1. The van der Waals surface area contributed by atoms with E-state index in [1.54, 1.807) is 0 Å². The van der Waals surface area contributed by atoms with Crippen LogP contribution < -0.4 is 0 Å². The zero-order chi connectivity index (χ0) is 22.2. The summed E-state index contributed by atoms with van der Waals surface area (Å²) in [5.74, 6) is -0.973. The molecule has 0 saturated carbocycles. The van der Waals surface area contributed by atoms with E-state index in [2.05, 4.69) is 6.92 Å². The van der Waals surface area contributed by atoms with Crippen molar-refractivity contribution in [2.45, 2.75) is 96.5 Å². The Morgan fingerprint density at radius 2 is 1.38 bits per heavy atom. The molecule has 2 atom stereocenters. The van der Waals surface area contributed by atoms with E-state index in [0.29, 0.717) is 17.6 Å². The molecule has 0 aromatic rings. The van der Waals surface area contributed by atoms with Crippen LogP contribution in [-0.4, -0.2) is 60.9 Å². The predicted molar refractivity (Wildman–Crippen MR) is 124 cm³/mol. The fourth-order valence-electron chi connectivity index (χ4n) is 3.28. The third-order valence-electron chi connectivity index (χ3n) is 4.69. The van der Waals surface area contributed by atoms with Crippen LogP contribution in [-0.2, 0) is 25.6 Å². The van der Waals surface area contributed by atoms with Gasteiger partial charge in [-0.1, -0.05) is 77.6 Å². The molecule has 1 unspecified atom stereocenters. The number of quaternary nitrogens is 1. The Labute approximate surface area is 183 Å². The van der Waals surface area contributed by atoms with Crippen molar-refractivity contribution in [3.8, 4) is 0 Å². The molecule has 0 amide bonds. The molecule has 0 aliphatic carbocycles. The Balaban J connectivity index is 3.82. The van der Waals surface area contributed by atoms with Crippen molar-refractivity contribution < 1.29 is 28.3 Å². The van der Waals surface area contributed by atoms with Crippen LogP contribution in [0.3, 0.4) is 0 Å². The topological polar surface area (TPSA) is 76.0 Å². The summed E-state index contributed by atoms with van der Waals surface area (Å²) >= 11 is 5.07. The summed E-state index contributed by atoms with van der Waals surface area (Å²) < 4.78 is 11.4.